The highest BCUT2D eigenvalue weighted by atomic mass is 16.6. The van der Waals surface area contributed by atoms with E-state index in [4.69, 9.17) is 10.5 Å². The predicted molar refractivity (Wildman–Crippen MR) is 74.0 cm³/mol. The van der Waals surface area contributed by atoms with E-state index in [9.17, 15) is 14.4 Å². The number of imide groups is 1. The molecule has 2 amide bonds. The van der Waals surface area contributed by atoms with Crippen LogP contribution in [-0.2, 0) is 14.3 Å². The summed E-state index contributed by atoms with van der Waals surface area (Å²) in [4.78, 5) is 36.7. The maximum atomic E-state index is 12.4. The number of nitrogens with two attached hydrogens (primary N) is 1. The van der Waals surface area contributed by atoms with E-state index in [1.807, 2.05) is 0 Å². The van der Waals surface area contributed by atoms with Gasteiger partial charge >= 0.3 is 6.09 Å². The maximum Gasteiger partial charge on any atom is 0.417 e. The Hall–Kier alpha value is -1.43. The van der Waals surface area contributed by atoms with Gasteiger partial charge in [-0.05, 0) is 33.6 Å². The summed E-state index contributed by atoms with van der Waals surface area (Å²) in [6.07, 6.45) is 1.15. The Labute approximate surface area is 119 Å². The predicted octanol–water partition coefficient (Wildman–Crippen LogP) is 1.47. The van der Waals surface area contributed by atoms with E-state index in [2.05, 4.69) is 0 Å². The Morgan fingerprint density at radius 3 is 2.30 bits per heavy atom. The molecule has 1 fully saturated rings. The quantitative estimate of drug-likeness (QED) is 0.847. The molecule has 0 unspecified atom stereocenters. The smallest absolute Gasteiger partial charge is 0.417 e. The van der Waals surface area contributed by atoms with Gasteiger partial charge in [-0.15, -0.1) is 0 Å². The molecule has 2 N–H and O–H groups in total. The Balaban J connectivity index is 2.71. The summed E-state index contributed by atoms with van der Waals surface area (Å²) in [6, 6.07) is 0. The SMILES string of the molecule is CC(C)(C)OC(=O)N(CCN)C(=O)C1CCC(=O)CC1. The number of carbonyl (C=O) groups excluding carboxylic acids is 3. The van der Waals surface area contributed by atoms with Crippen molar-refractivity contribution in [1.29, 1.82) is 0 Å². The van der Waals surface area contributed by atoms with Crippen LogP contribution in [0.25, 0.3) is 0 Å². The minimum absolute atomic E-state index is 0.137. The van der Waals surface area contributed by atoms with Crippen molar-refractivity contribution in [3.63, 3.8) is 0 Å². The van der Waals surface area contributed by atoms with Crippen molar-refractivity contribution < 1.29 is 19.1 Å². The topological polar surface area (TPSA) is 89.7 Å². The van der Waals surface area contributed by atoms with Gasteiger partial charge in [0.05, 0.1) is 0 Å². The van der Waals surface area contributed by atoms with E-state index in [0.717, 1.165) is 4.90 Å². The summed E-state index contributed by atoms with van der Waals surface area (Å²) < 4.78 is 5.23. The summed E-state index contributed by atoms with van der Waals surface area (Å²) in [5, 5.41) is 0. The lowest BCUT2D eigenvalue weighted by Crippen LogP contribution is -2.46. The molecule has 1 rings (SSSR count). The highest BCUT2D eigenvalue weighted by Gasteiger charge is 2.33. The van der Waals surface area contributed by atoms with Gasteiger partial charge in [0.15, 0.2) is 0 Å². The van der Waals surface area contributed by atoms with E-state index in [-0.39, 0.29) is 30.7 Å². The molecular formula is C14H24N2O4. The third-order valence-electron chi connectivity index (χ3n) is 3.13. The number of rotatable bonds is 3. The van der Waals surface area contributed by atoms with Crippen molar-refractivity contribution >= 4 is 17.8 Å². The van der Waals surface area contributed by atoms with Crippen LogP contribution in [0.4, 0.5) is 4.79 Å². The molecular weight excluding hydrogens is 260 g/mol. The van der Waals surface area contributed by atoms with E-state index >= 15 is 0 Å². The molecule has 0 radical (unpaired) electrons. The molecule has 20 heavy (non-hydrogen) atoms. The maximum absolute atomic E-state index is 12.4. The van der Waals surface area contributed by atoms with E-state index in [0.29, 0.717) is 25.7 Å². The van der Waals surface area contributed by atoms with Crippen molar-refractivity contribution in [2.45, 2.75) is 52.1 Å². The molecule has 6 nitrogen and oxygen atoms in total. The Kier molecular flexibility index (Phi) is 5.68. The Morgan fingerprint density at radius 2 is 1.85 bits per heavy atom. The molecule has 0 aromatic carbocycles. The van der Waals surface area contributed by atoms with Gasteiger partial charge in [-0.2, -0.15) is 0 Å². The lowest BCUT2D eigenvalue weighted by Gasteiger charge is -2.29. The number of ketones is 1. The van der Waals surface area contributed by atoms with Crippen LogP contribution >= 0.6 is 0 Å². The molecule has 0 heterocycles. The zero-order valence-corrected chi connectivity index (χ0v) is 12.5. The molecule has 114 valence electrons. The zero-order chi connectivity index (χ0) is 15.3. The van der Waals surface area contributed by atoms with E-state index in [1.165, 1.54) is 0 Å². The van der Waals surface area contributed by atoms with Gasteiger partial charge < -0.3 is 10.5 Å². The lowest BCUT2D eigenvalue weighted by molar-refractivity contribution is -0.136. The fourth-order valence-electron chi connectivity index (χ4n) is 2.14. The van der Waals surface area contributed by atoms with E-state index in [1.54, 1.807) is 20.8 Å². The lowest BCUT2D eigenvalue weighted by atomic mass is 9.87. The van der Waals surface area contributed by atoms with Crippen LogP contribution in [-0.4, -0.2) is 41.4 Å². The minimum Gasteiger partial charge on any atom is -0.443 e. The van der Waals surface area contributed by atoms with Crippen LogP contribution in [0.1, 0.15) is 46.5 Å². The van der Waals surface area contributed by atoms with Crippen molar-refractivity contribution in [2.75, 3.05) is 13.1 Å². The third kappa shape index (κ3) is 4.92. The largest absolute Gasteiger partial charge is 0.443 e. The number of carbonyl (C=O) groups is 3. The molecule has 0 atom stereocenters. The number of amides is 2. The summed E-state index contributed by atoms with van der Waals surface area (Å²) in [5.74, 6) is -0.388. The molecule has 0 spiro atoms. The van der Waals surface area contributed by atoms with Crippen LogP contribution in [0, 0.1) is 5.92 Å². The summed E-state index contributed by atoms with van der Waals surface area (Å²) in [6.45, 7) is 5.56. The fraction of sp³-hybridized carbons (Fsp3) is 0.786. The first-order valence-electron chi connectivity index (χ1n) is 7.00. The third-order valence-corrected chi connectivity index (χ3v) is 3.13. The van der Waals surface area contributed by atoms with Gasteiger partial charge in [0, 0.05) is 31.8 Å². The second-order valence-electron chi connectivity index (χ2n) is 6.07. The van der Waals surface area contributed by atoms with Crippen molar-refractivity contribution in [3.8, 4) is 0 Å². The Bertz CT molecular complexity index is 377. The molecule has 0 aliphatic heterocycles. The van der Waals surface area contributed by atoms with Gasteiger partial charge in [-0.25, -0.2) is 9.69 Å². The minimum atomic E-state index is -0.662. The van der Waals surface area contributed by atoms with Gasteiger partial charge in [0.2, 0.25) is 5.91 Å². The summed E-state index contributed by atoms with van der Waals surface area (Å²) in [7, 11) is 0. The average molecular weight is 284 g/mol. The molecule has 1 aliphatic carbocycles. The fourth-order valence-corrected chi connectivity index (χ4v) is 2.14. The van der Waals surface area contributed by atoms with Gasteiger partial charge in [-0.3, -0.25) is 9.59 Å². The number of ether oxygens (including phenoxy) is 1. The first kappa shape index (κ1) is 16.6. The van der Waals surface area contributed by atoms with Crippen LogP contribution < -0.4 is 5.73 Å². The van der Waals surface area contributed by atoms with Gasteiger partial charge in [-0.1, -0.05) is 0 Å². The molecule has 0 aromatic rings. The number of hydrogen-bond acceptors (Lipinski definition) is 5. The van der Waals surface area contributed by atoms with Gasteiger partial charge in [0.1, 0.15) is 11.4 Å². The highest BCUT2D eigenvalue weighted by molar-refractivity contribution is 5.94. The molecule has 0 bridgehead atoms. The van der Waals surface area contributed by atoms with Crippen molar-refractivity contribution in [2.24, 2.45) is 11.7 Å². The molecule has 6 heteroatoms. The van der Waals surface area contributed by atoms with Gasteiger partial charge in [0.25, 0.3) is 0 Å². The second-order valence-corrected chi connectivity index (χ2v) is 6.07. The first-order chi connectivity index (χ1) is 9.24. The average Bonchev–Trinajstić information content (AvgIpc) is 2.34. The molecule has 0 aromatic heterocycles. The number of hydrogen-bond donors (Lipinski definition) is 1. The summed E-state index contributed by atoms with van der Waals surface area (Å²) in [5.41, 5.74) is 4.80. The van der Waals surface area contributed by atoms with Crippen LogP contribution in [0.15, 0.2) is 0 Å². The standard InChI is InChI=1S/C14H24N2O4/c1-14(2,3)20-13(19)16(9-8-15)12(18)10-4-6-11(17)7-5-10/h10H,4-9,15H2,1-3H3. The summed E-state index contributed by atoms with van der Waals surface area (Å²) >= 11 is 0. The highest BCUT2D eigenvalue weighted by Crippen LogP contribution is 2.24. The monoisotopic (exact) mass is 284 g/mol. The molecule has 0 saturated heterocycles. The number of nitrogens with zero attached hydrogens (tertiary/aromatic N) is 1. The normalized spacial score (nSPS) is 16.9. The van der Waals surface area contributed by atoms with Crippen molar-refractivity contribution in [3.05, 3.63) is 0 Å². The first-order valence-corrected chi connectivity index (χ1v) is 7.00. The second kappa shape index (κ2) is 6.83. The molecule has 1 saturated carbocycles. The zero-order valence-electron chi connectivity index (χ0n) is 12.5. The molecule has 1 aliphatic rings. The van der Waals surface area contributed by atoms with E-state index < -0.39 is 11.7 Å². The van der Waals surface area contributed by atoms with Crippen LogP contribution in [0.5, 0.6) is 0 Å². The Morgan fingerprint density at radius 1 is 1.30 bits per heavy atom. The number of Topliss-reactive ketones (excluding diaryl/α,β-unsaturated/α-hetero) is 1. The van der Waals surface area contributed by atoms with Crippen molar-refractivity contribution in [1.82, 2.24) is 4.90 Å². The van der Waals surface area contributed by atoms with Crippen LogP contribution in [0.2, 0.25) is 0 Å². The van der Waals surface area contributed by atoms with Crippen LogP contribution in [0.3, 0.4) is 0 Å².